The standard InChI is InChI=1S/C18H25N5O2/c1-13(2)21-18(24)23-9-3-4-14(11-23)12-25-15-5-6-16(19-10-15)17-7-8-20-22-17/h5-8,10,13-14H,3-4,9,11-12H2,1-2H3,(H,20,22)(H,21,24)/t14-/m0/s1. The van der Waals surface area contributed by atoms with Gasteiger partial charge in [-0.1, -0.05) is 0 Å². The summed E-state index contributed by atoms with van der Waals surface area (Å²) in [5.41, 5.74) is 1.71. The highest BCUT2D eigenvalue weighted by atomic mass is 16.5. The van der Waals surface area contributed by atoms with E-state index in [9.17, 15) is 4.79 Å². The number of H-pyrrole nitrogens is 1. The van der Waals surface area contributed by atoms with Gasteiger partial charge in [-0.3, -0.25) is 10.1 Å². The Morgan fingerprint density at radius 1 is 1.44 bits per heavy atom. The summed E-state index contributed by atoms with van der Waals surface area (Å²) in [4.78, 5) is 18.4. The number of hydrogen-bond acceptors (Lipinski definition) is 4. The van der Waals surface area contributed by atoms with Crippen LogP contribution in [0.5, 0.6) is 5.75 Å². The lowest BCUT2D eigenvalue weighted by atomic mass is 9.99. The summed E-state index contributed by atoms with van der Waals surface area (Å²) in [6, 6.07) is 5.87. The molecule has 0 radical (unpaired) electrons. The van der Waals surface area contributed by atoms with Gasteiger partial charge in [-0.2, -0.15) is 5.10 Å². The number of urea groups is 1. The van der Waals surface area contributed by atoms with E-state index in [1.807, 2.05) is 36.9 Å². The Morgan fingerprint density at radius 3 is 3.00 bits per heavy atom. The van der Waals surface area contributed by atoms with Crippen molar-refractivity contribution in [2.75, 3.05) is 19.7 Å². The highest BCUT2D eigenvalue weighted by Gasteiger charge is 2.24. The van der Waals surface area contributed by atoms with Crippen molar-refractivity contribution in [2.45, 2.75) is 32.7 Å². The number of piperidine rings is 1. The summed E-state index contributed by atoms with van der Waals surface area (Å²) in [5, 5.41) is 9.77. The normalized spacial score (nSPS) is 17.6. The molecule has 1 aliphatic heterocycles. The van der Waals surface area contributed by atoms with E-state index in [2.05, 4.69) is 20.5 Å². The number of amides is 2. The number of ether oxygens (including phenoxy) is 1. The number of aromatic nitrogens is 3. The van der Waals surface area contributed by atoms with Crippen LogP contribution in [0.15, 0.2) is 30.6 Å². The van der Waals surface area contributed by atoms with Crippen molar-refractivity contribution >= 4 is 6.03 Å². The summed E-state index contributed by atoms with van der Waals surface area (Å²) >= 11 is 0. The quantitative estimate of drug-likeness (QED) is 0.874. The highest BCUT2D eigenvalue weighted by Crippen LogP contribution is 2.20. The molecular weight excluding hydrogens is 318 g/mol. The molecule has 1 fully saturated rings. The van der Waals surface area contributed by atoms with Crippen LogP contribution >= 0.6 is 0 Å². The summed E-state index contributed by atoms with van der Waals surface area (Å²) in [6.07, 6.45) is 5.51. The van der Waals surface area contributed by atoms with Crippen LogP contribution in [0, 0.1) is 5.92 Å². The molecule has 3 rings (SSSR count). The van der Waals surface area contributed by atoms with Crippen LogP contribution in [0.25, 0.3) is 11.4 Å². The highest BCUT2D eigenvalue weighted by molar-refractivity contribution is 5.74. The van der Waals surface area contributed by atoms with Gasteiger partial charge >= 0.3 is 6.03 Å². The number of carbonyl (C=O) groups excluding carboxylic acids is 1. The SMILES string of the molecule is CC(C)NC(=O)N1CCC[C@H](COc2ccc(-c3ccn[nH]3)nc2)C1. The minimum absolute atomic E-state index is 0.0188. The Kier molecular flexibility index (Phi) is 5.53. The molecule has 7 heteroatoms. The fraction of sp³-hybridized carbons (Fsp3) is 0.500. The van der Waals surface area contributed by atoms with E-state index in [-0.39, 0.29) is 12.1 Å². The van der Waals surface area contributed by atoms with Crippen molar-refractivity contribution in [3.63, 3.8) is 0 Å². The summed E-state index contributed by atoms with van der Waals surface area (Å²) < 4.78 is 5.88. The minimum Gasteiger partial charge on any atom is -0.492 e. The molecule has 0 aromatic carbocycles. The van der Waals surface area contributed by atoms with E-state index in [0.29, 0.717) is 12.5 Å². The second-order valence-electron chi connectivity index (χ2n) is 6.72. The molecule has 2 amide bonds. The zero-order chi connectivity index (χ0) is 17.6. The maximum absolute atomic E-state index is 12.1. The molecule has 0 unspecified atom stereocenters. The molecule has 2 aromatic heterocycles. The van der Waals surface area contributed by atoms with Gasteiger partial charge in [0.15, 0.2) is 0 Å². The summed E-state index contributed by atoms with van der Waals surface area (Å²) in [6.45, 7) is 6.09. The van der Waals surface area contributed by atoms with E-state index in [1.165, 1.54) is 0 Å². The van der Waals surface area contributed by atoms with E-state index in [1.54, 1.807) is 12.4 Å². The average Bonchev–Trinajstić information content (AvgIpc) is 3.15. The van der Waals surface area contributed by atoms with Gasteiger partial charge in [0.25, 0.3) is 0 Å². The molecule has 0 saturated carbocycles. The fourth-order valence-electron chi connectivity index (χ4n) is 2.96. The number of rotatable bonds is 5. The number of nitrogens with one attached hydrogen (secondary N) is 2. The minimum atomic E-state index is 0.0188. The first-order valence-electron chi connectivity index (χ1n) is 8.76. The second kappa shape index (κ2) is 8.00. The third kappa shape index (κ3) is 4.71. The van der Waals surface area contributed by atoms with Gasteiger partial charge in [0.1, 0.15) is 5.75 Å². The molecule has 1 saturated heterocycles. The molecule has 7 nitrogen and oxygen atoms in total. The molecule has 134 valence electrons. The van der Waals surface area contributed by atoms with E-state index in [0.717, 1.165) is 43.1 Å². The number of nitrogens with zero attached hydrogens (tertiary/aromatic N) is 3. The maximum atomic E-state index is 12.1. The first kappa shape index (κ1) is 17.3. The Balaban J connectivity index is 1.50. The van der Waals surface area contributed by atoms with Crippen LogP contribution in [0.3, 0.4) is 0 Å². The molecule has 1 atom stereocenters. The molecule has 0 bridgehead atoms. The third-order valence-corrected chi connectivity index (χ3v) is 4.22. The molecule has 3 heterocycles. The average molecular weight is 343 g/mol. The zero-order valence-electron chi connectivity index (χ0n) is 14.7. The number of aromatic amines is 1. The van der Waals surface area contributed by atoms with Crippen molar-refractivity contribution in [3.05, 3.63) is 30.6 Å². The number of likely N-dealkylation sites (tertiary alicyclic amines) is 1. The maximum Gasteiger partial charge on any atom is 0.317 e. The van der Waals surface area contributed by atoms with Gasteiger partial charge in [0, 0.05) is 31.2 Å². The van der Waals surface area contributed by atoms with Crippen LogP contribution in [0.4, 0.5) is 4.79 Å². The largest absolute Gasteiger partial charge is 0.492 e. The molecule has 0 spiro atoms. The Hall–Kier alpha value is -2.57. The van der Waals surface area contributed by atoms with Crippen molar-refractivity contribution in [1.29, 1.82) is 0 Å². The van der Waals surface area contributed by atoms with E-state index >= 15 is 0 Å². The topological polar surface area (TPSA) is 83.1 Å². The van der Waals surface area contributed by atoms with Gasteiger partial charge in [0.2, 0.25) is 0 Å². The van der Waals surface area contributed by atoms with Gasteiger partial charge in [0.05, 0.1) is 24.2 Å². The van der Waals surface area contributed by atoms with Gasteiger partial charge in [-0.05, 0) is 44.9 Å². The molecule has 25 heavy (non-hydrogen) atoms. The Labute approximate surface area is 147 Å². The van der Waals surface area contributed by atoms with Crippen LogP contribution in [0.2, 0.25) is 0 Å². The number of carbonyl (C=O) groups is 1. The van der Waals surface area contributed by atoms with Gasteiger partial charge in [-0.15, -0.1) is 0 Å². The molecule has 1 aliphatic rings. The summed E-state index contributed by atoms with van der Waals surface area (Å²) in [5.74, 6) is 1.09. The van der Waals surface area contributed by atoms with Crippen molar-refractivity contribution in [2.24, 2.45) is 5.92 Å². The molecule has 2 N–H and O–H groups in total. The van der Waals surface area contributed by atoms with E-state index < -0.39 is 0 Å². The number of hydrogen-bond donors (Lipinski definition) is 2. The predicted molar refractivity (Wildman–Crippen MR) is 95.3 cm³/mol. The second-order valence-corrected chi connectivity index (χ2v) is 6.72. The molecule has 2 aromatic rings. The first-order valence-corrected chi connectivity index (χ1v) is 8.76. The van der Waals surface area contributed by atoms with Crippen molar-refractivity contribution < 1.29 is 9.53 Å². The molecule has 0 aliphatic carbocycles. The predicted octanol–water partition coefficient (Wildman–Crippen LogP) is 2.68. The Bertz CT molecular complexity index is 669. The zero-order valence-corrected chi connectivity index (χ0v) is 14.7. The fourth-order valence-corrected chi connectivity index (χ4v) is 2.96. The summed E-state index contributed by atoms with van der Waals surface area (Å²) in [7, 11) is 0. The van der Waals surface area contributed by atoms with Gasteiger partial charge in [-0.25, -0.2) is 4.79 Å². The first-order chi connectivity index (χ1) is 12.1. The lowest BCUT2D eigenvalue weighted by Crippen LogP contribution is -2.48. The van der Waals surface area contributed by atoms with Crippen LogP contribution in [0.1, 0.15) is 26.7 Å². The monoisotopic (exact) mass is 343 g/mol. The van der Waals surface area contributed by atoms with E-state index in [4.69, 9.17) is 4.74 Å². The van der Waals surface area contributed by atoms with Crippen LogP contribution in [-0.2, 0) is 0 Å². The smallest absolute Gasteiger partial charge is 0.317 e. The lowest BCUT2D eigenvalue weighted by molar-refractivity contribution is 0.136. The van der Waals surface area contributed by atoms with Crippen LogP contribution in [-0.4, -0.2) is 51.9 Å². The third-order valence-electron chi connectivity index (χ3n) is 4.22. The number of pyridine rings is 1. The lowest BCUT2D eigenvalue weighted by Gasteiger charge is -2.33. The Morgan fingerprint density at radius 2 is 2.32 bits per heavy atom. The van der Waals surface area contributed by atoms with Crippen LogP contribution < -0.4 is 10.1 Å². The van der Waals surface area contributed by atoms with Gasteiger partial charge < -0.3 is 15.0 Å². The molecular formula is C18H25N5O2. The van der Waals surface area contributed by atoms with Crippen molar-refractivity contribution in [1.82, 2.24) is 25.4 Å². The van der Waals surface area contributed by atoms with Crippen molar-refractivity contribution in [3.8, 4) is 17.1 Å².